The van der Waals surface area contributed by atoms with Crippen molar-refractivity contribution in [1.29, 1.82) is 0 Å². The molecule has 1 N–H and O–H groups in total. The topological polar surface area (TPSA) is 77.0 Å². The zero-order valence-electron chi connectivity index (χ0n) is 12.5. The Morgan fingerprint density at radius 3 is 2.83 bits per heavy atom. The van der Waals surface area contributed by atoms with Crippen molar-refractivity contribution >= 4 is 11.7 Å². The smallest absolute Gasteiger partial charge is 0.256 e. The molecule has 0 fully saturated rings. The Morgan fingerprint density at radius 2 is 2.04 bits per heavy atom. The van der Waals surface area contributed by atoms with E-state index in [9.17, 15) is 4.79 Å². The Kier molecular flexibility index (Phi) is 4.45. The third kappa shape index (κ3) is 3.72. The summed E-state index contributed by atoms with van der Waals surface area (Å²) in [6, 6.07) is 10.2. The molecule has 0 bridgehead atoms. The van der Waals surface area contributed by atoms with E-state index >= 15 is 0 Å². The normalized spacial score (nSPS) is 9.79. The Morgan fingerprint density at radius 1 is 1.12 bits per heavy atom. The summed E-state index contributed by atoms with van der Waals surface area (Å²) in [6.45, 7) is 0. The van der Waals surface area contributed by atoms with E-state index in [4.69, 9.17) is 11.2 Å². The molecule has 0 saturated carbocycles. The fraction of sp³-hybridized carbons (Fsp3) is 0. The van der Waals surface area contributed by atoms with Gasteiger partial charge in [0.2, 0.25) is 5.88 Å². The lowest BCUT2D eigenvalue weighted by molar-refractivity contribution is 0.102. The maximum Gasteiger partial charge on any atom is 0.256 e. The van der Waals surface area contributed by atoms with Gasteiger partial charge in [-0.3, -0.25) is 14.8 Å². The maximum atomic E-state index is 12.3. The monoisotopic (exact) mass is 316 g/mol. The molecule has 24 heavy (non-hydrogen) atoms. The zero-order chi connectivity index (χ0) is 16.8. The molecule has 0 saturated heterocycles. The van der Waals surface area contributed by atoms with E-state index in [1.54, 1.807) is 48.8 Å². The number of ether oxygens (including phenoxy) is 1. The van der Waals surface area contributed by atoms with Gasteiger partial charge >= 0.3 is 0 Å². The maximum absolute atomic E-state index is 12.3. The molecule has 0 atom stereocenters. The number of nitrogens with zero attached hydrogens (tertiary/aromatic N) is 3. The highest BCUT2D eigenvalue weighted by Crippen LogP contribution is 2.18. The van der Waals surface area contributed by atoms with Crippen molar-refractivity contribution in [3.63, 3.8) is 0 Å². The average molecular weight is 316 g/mol. The second-order valence-electron chi connectivity index (χ2n) is 4.71. The van der Waals surface area contributed by atoms with E-state index in [1.807, 2.05) is 0 Å². The first kappa shape index (κ1) is 15.2. The largest absolute Gasteiger partial charge is 0.436 e. The van der Waals surface area contributed by atoms with Crippen molar-refractivity contribution in [3.05, 3.63) is 72.3 Å². The first-order valence-corrected chi connectivity index (χ1v) is 7.02. The fourth-order valence-corrected chi connectivity index (χ4v) is 1.92. The molecular weight excluding hydrogens is 304 g/mol. The number of aromatic nitrogens is 3. The number of anilines is 1. The molecule has 0 aliphatic heterocycles. The Hall–Kier alpha value is -3.72. The average Bonchev–Trinajstić information content (AvgIpc) is 2.63. The predicted octanol–water partition coefficient (Wildman–Crippen LogP) is 2.90. The SMILES string of the molecule is C#Cc1cccc(C(=O)Nc2cncc(Oc3cccnc3)n2)c1. The number of carbonyl (C=O) groups is 1. The molecule has 2 aromatic heterocycles. The second kappa shape index (κ2) is 7.03. The number of rotatable bonds is 4. The fourth-order valence-electron chi connectivity index (χ4n) is 1.92. The van der Waals surface area contributed by atoms with Gasteiger partial charge in [-0.15, -0.1) is 6.42 Å². The van der Waals surface area contributed by atoms with Gasteiger partial charge in [-0.25, -0.2) is 0 Å². The van der Waals surface area contributed by atoms with Crippen LogP contribution >= 0.6 is 0 Å². The highest BCUT2D eigenvalue weighted by molar-refractivity contribution is 6.03. The number of benzene rings is 1. The summed E-state index contributed by atoms with van der Waals surface area (Å²) in [4.78, 5) is 24.4. The number of amides is 1. The van der Waals surface area contributed by atoms with Gasteiger partial charge in [0.1, 0.15) is 5.75 Å². The summed E-state index contributed by atoms with van der Waals surface area (Å²) >= 11 is 0. The Labute approximate surface area is 138 Å². The molecule has 0 aliphatic rings. The second-order valence-corrected chi connectivity index (χ2v) is 4.71. The van der Waals surface area contributed by atoms with Crippen LogP contribution in [0.3, 0.4) is 0 Å². The molecule has 2 heterocycles. The lowest BCUT2D eigenvalue weighted by Crippen LogP contribution is -2.13. The van der Waals surface area contributed by atoms with E-state index in [2.05, 4.69) is 26.2 Å². The number of nitrogens with one attached hydrogen (secondary N) is 1. The van der Waals surface area contributed by atoms with Gasteiger partial charge < -0.3 is 10.1 Å². The number of hydrogen-bond donors (Lipinski definition) is 1. The van der Waals surface area contributed by atoms with Crippen LogP contribution in [0.4, 0.5) is 5.82 Å². The van der Waals surface area contributed by atoms with Crippen molar-refractivity contribution in [3.8, 4) is 24.0 Å². The van der Waals surface area contributed by atoms with Gasteiger partial charge in [-0.1, -0.05) is 12.0 Å². The van der Waals surface area contributed by atoms with Crippen LogP contribution in [-0.2, 0) is 0 Å². The molecule has 0 radical (unpaired) electrons. The molecule has 6 heteroatoms. The van der Waals surface area contributed by atoms with Gasteiger partial charge in [0.15, 0.2) is 5.82 Å². The lowest BCUT2D eigenvalue weighted by Gasteiger charge is -2.07. The molecule has 3 aromatic rings. The minimum Gasteiger partial charge on any atom is -0.436 e. The van der Waals surface area contributed by atoms with E-state index in [-0.39, 0.29) is 17.6 Å². The van der Waals surface area contributed by atoms with Crippen LogP contribution in [0.15, 0.2) is 61.2 Å². The van der Waals surface area contributed by atoms with Gasteiger partial charge in [0, 0.05) is 17.3 Å². The van der Waals surface area contributed by atoms with Crippen molar-refractivity contribution < 1.29 is 9.53 Å². The van der Waals surface area contributed by atoms with Crippen LogP contribution in [0, 0.1) is 12.3 Å². The molecule has 1 amide bonds. The van der Waals surface area contributed by atoms with Crippen molar-refractivity contribution in [1.82, 2.24) is 15.0 Å². The number of carbonyl (C=O) groups excluding carboxylic acids is 1. The van der Waals surface area contributed by atoms with Gasteiger partial charge in [-0.05, 0) is 30.3 Å². The molecule has 0 unspecified atom stereocenters. The van der Waals surface area contributed by atoms with Crippen molar-refractivity contribution in [2.24, 2.45) is 0 Å². The quantitative estimate of drug-likeness (QED) is 0.749. The lowest BCUT2D eigenvalue weighted by atomic mass is 10.1. The minimum absolute atomic E-state index is 0.248. The van der Waals surface area contributed by atoms with E-state index < -0.39 is 0 Å². The summed E-state index contributed by atoms with van der Waals surface area (Å²) in [5.41, 5.74) is 1.06. The summed E-state index contributed by atoms with van der Waals surface area (Å²) < 4.78 is 5.53. The Balaban J connectivity index is 1.74. The van der Waals surface area contributed by atoms with E-state index in [0.717, 1.165) is 0 Å². The summed E-state index contributed by atoms with van der Waals surface area (Å²) in [5.74, 6) is 3.20. The van der Waals surface area contributed by atoms with Crippen LogP contribution in [0.1, 0.15) is 15.9 Å². The van der Waals surface area contributed by atoms with Gasteiger partial charge in [0.25, 0.3) is 5.91 Å². The van der Waals surface area contributed by atoms with Crippen LogP contribution < -0.4 is 10.1 Å². The molecular formula is C18H12N4O2. The standard InChI is InChI=1S/C18H12N4O2/c1-2-13-5-3-6-14(9-13)18(23)22-16-11-20-12-17(21-16)24-15-7-4-8-19-10-15/h1,3-12H,(H,21,22,23). The number of pyridine rings is 1. The van der Waals surface area contributed by atoms with Crippen LogP contribution in [-0.4, -0.2) is 20.9 Å². The summed E-state index contributed by atoms with van der Waals surface area (Å²) in [5, 5.41) is 2.66. The van der Waals surface area contributed by atoms with Gasteiger partial charge in [-0.2, -0.15) is 4.98 Å². The zero-order valence-corrected chi connectivity index (χ0v) is 12.5. The highest BCUT2D eigenvalue weighted by Gasteiger charge is 2.09. The molecule has 6 nitrogen and oxygen atoms in total. The molecule has 116 valence electrons. The van der Waals surface area contributed by atoms with Gasteiger partial charge in [0.05, 0.1) is 18.6 Å². The van der Waals surface area contributed by atoms with Crippen molar-refractivity contribution in [2.75, 3.05) is 5.32 Å². The molecule has 1 aromatic carbocycles. The van der Waals surface area contributed by atoms with Crippen LogP contribution in [0.5, 0.6) is 11.6 Å². The third-order valence-corrected chi connectivity index (χ3v) is 3.00. The van der Waals surface area contributed by atoms with E-state index in [1.165, 1.54) is 12.4 Å². The minimum atomic E-state index is -0.333. The van der Waals surface area contributed by atoms with Crippen LogP contribution in [0.2, 0.25) is 0 Å². The number of hydrogen-bond acceptors (Lipinski definition) is 5. The Bertz CT molecular complexity index is 904. The first-order valence-electron chi connectivity index (χ1n) is 7.02. The summed E-state index contributed by atoms with van der Waals surface area (Å²) in [7, 11) is 0. The molecule has 0 spiro atoms. The first-order chi connectivity index (χ1) is 11.7. The summed E-state index contributed by atoms with van der Waals surface area (Å²) in [6.07, 6.45) is 11.4. The van der Waals surface area contributed by atoms with Crippen LogP contribution in [0.25, 0.3) is 0 Å². The highest BCUT2D eigenvalue weighted by atomic mass is 16.5. The molecule has 3 rings (SSSR count). The predicted molar refractivity (Wildman–Crippen MR) is 88.7 cm³/mol. The molecule has 0 aliphatic carbocycles. The number of terminal acetylenes is 1. The van der Waals surface area contributed by atoms with Crippen molar-refractivity contribution in [2.45, 2.75) is 0 Å². The third-order valence-electron chi connectivity index (χ3n) is 3.00. The van der Waals surface area contributed by atoms with E-state index in [0.29, 0.717) is 16.9 Å².